The molecule has 0 spiro atoms. The number of rotatable bonds is 16. The van der Waals surface area contributed by atoms with E-state index in [9.17, 15) is 4.79 Å². The molecule has 2 aromatic carbocycles. The van der Waals surface area contributed by atoms with Crippen molar-refractivity contribution in [2.45, 2.75) is 46.8 Å². The zero-order valence-corrected chi connectivity index (χ0v) is 25.6. The average Bonchev–Trinajstić information content (AvgIpc) is 3.70. The van der Waals surface area contributed by atoms with Crippen molar-refractivity contribution in [3.63, 3.8) is 0 Å². The molecule has 44 heavy (non-hydrogen) atoms. The van der Waals surface area contributed by atoms with Gasteiger partial charge in [-0.1, -0.05) is 56.3 Å². The van der Waals surface area contributed by atoms with E-state index in [0.717, 1.165) is 49.4 Å². The SMILES string of the molecule is CCCN(CCC)CCOc1ccc(Cn2cnc3c(OCc4ccccc4)nc(-n4cc(C(=O)OCC)cn4)nc32)cc1. The van der Waals surface area contributed by atoms with Gasteiger partial charge in [0.2, 0.25) is 5.88 Å². The first-order valence-electron chi connectivity index (χ1n) is 15.1. The summed E-state index contributed by atoms with van der Waals surface area (Å²) in [6.45, 7) is 11.0. The van der Waals surface area contributed by atoms with Gasteiger partial charge in [0.1, 0.15) is 19.0 Å². The number of benzene rings is 2. The Morgan fingerprint density at radius 3 is 2.39 bits per heavy atom. The first kappa shape index (κ1) is 30.7. The first-order chi connectivity index (χ1) is 21.6. The van der Waals surface area contributed by atoms with Crippen molar-refractivity contribution >= 4 is 17.1 Å². The lowest BCUT2D eigenvalue weighted by Gasteiger charge is -2.20. The van der Waals surface area contributed by atoms with Gasteiger partial charge in [0, 0.05) is 12.7 Å². The van der Waals surface area contributed by atoms with Gasteiger partial charge < -0.3 is 18.8 Å². The number of imidazole rings is 1. The molecule has 0 aliphatic carbocycles. The summed E-state index contributed by atoms with van der Waals surface area (Å²) in [5.74, 6) is 0.957. The Morgan fingerprint density at radius 1 is 0.886 bits per heavy atom. The van der Waals surface area contributed by atoms with Gasteiger partial charge in [0.05, 0.1) is 31.2 Å². The fraction of sp³-hybridized carbons (Fsp3) is 0.364. The Kier molecular flexibility index (Phi) is 10.5. The second-order valence-corrected chi connectivity index (χ2v) is 10.4. The minimum absolute atomic E-state index is 0.252. The molecule has 0 aliphatic heterocycles. The van der Waals surface area contributed by atoms with E-state index >= 15 is 0 Å². The summed E-state index contributed by atoms with van der Waals surface area (Å²) in [6, 6.07) is 17.9. The molecule has 0 aliphatic rings. The van der Waals surface area contributed by atoms with Crippen molar-refractivity contribution in [2.75, 3.05) is 32.8 Å². The average molecular weight is 598 g/mol. The van der Waals surface area contributed by atoms with Crippen LogP contribution in [0.3, 0.4) is 0 Å². The monoisotopic (exact) mass is 597 g/mol. The van der Waals surface area contributed by atoms with E-state index in [4.69, 9.17) is 19.2 Å². The third-order valence-corrected chi connectivity index (χ3v) is 6.97. The van der Waals surface area contributed by atoms with Gasteiger partial charge >= 0.3 is 5.97 Å². The molecule has 230 valence electrons. The third kappa shape index (κ3) is 7.78. The van der Waals surface area contributed by atoms with Gasteiger partial charge in [0.15, 0.2) is 11.2 Å². The van der Waals surface area contributed by atoms with Gasteiger partial charge in [-0.15, -0.1) is 0 Å². The van der Waals surface area contributed by atoms with Crippen molar-refractivity contribution in [3.8, 4) is 17.6 Å². The highest BCUT2D eigenvalue weighted by Crippen LogP contribution is 2.25. The number of esters is 1. The van der Waals surface area contributed by atoms with Crippen LogP contribution < -0.4 is 9.47 Å². The van der Waals surface area contributed by atoms with Crippen LogP contribution >= 0.6 is 0 Å². The number of aromatic nitrogens is 6. The maximum absolute atomic E-state index is 12.2. The molecule has 0 fully saturated rings. The van der Waals surface area contributed by atoms with Gasteiger partial charge in [-0.25, -0.2) is 14.5 Å². The van der Waals surface area contributed by atoms with Crippen LogP contribution in [0, 0.1) is 0 Å². The number of nitrogens with zero attached hydrogens (tertiary/aromatic N) is 7. The summed E-state index contributed by atoms with van der Waals surface area (Å²) in [4.78, 5) is 28.7. The first-order valence-corrected chi connectivity index (χ1v) is 15.1. The number of carbonyl (C=O) groups is 1. The van der Waals surface area contributed by atoms with Crippen LogP contribution in [0.4, 0.5) is 0 Å². The summed E-state index contributed by atoms with van der Waals surface area (Å²) in [5.41, 5.74) is 3.48. The summed E-state index contributed by atoms with van der Waals surface area (Å²) in [5, 5.41) is 4.31. The van der Waals surface area contributed by atoms with Gasteiger partial charge in [-0.3, -0.25) is 4.90 Å². The van der Waals surface area contributed by atoms with E-state index in [0.29, 0.717) is 42.4 Å². The zero-order valence-electron chi connectivity index (χ0n) is 25.6. The van der Waals surface area contributed by atoms with E-state index in [2.05, 4.69) is 33.8 Å². The van der Waals surface area contributed by atoms with Crippen molar-refractivity contribution in [1.82, 2.24) is 34.2 Å². The molecule has 0 saturated carbocycles. The molecule has 0 bridgehead atoms. The molecule has 5 rings (SSSR count). The Labute approximate surface area is 257 Å². The van der Waals surface area contributed by atoms with Gasteiger partial charge in [-0.2, -0.15) is 15.1 Å². The zero-order chi connectivity index (χ0) is 30.7. The largest absolute Gasteiger partial charge is 0.492 e. The summed E-state index contributed by atoms with van der Waals surface area (Å²) in [7, 11) is 0. The minimum Gasteiger partial charge on any atom is -0.492 e. The number of fused-ring (bicyclic) bond motifs is 1. The van der Waals surface area contributed by atoms with Crippen LogP contribution in [0.15, 0.2) is 73.3 Å². The molecule has 0 saturated heterocycles. The molecular weight excluding hydrogens is 558 g/mol. The minimum atomic E-state index is -0.461. The predicted octanol–water partition coefficient (Wildman–Crippen LogP) is 5.32. The number of ether oxygens (including phenoxy) is 3. The third-order valence-electron chi connectivity index (χ3n) is 6.97. The fourth-order valence-corrected chi connectivity index (χ4v) is 4.85. The van der Waals surface area contributed by atoms with Crippen LogP contribution in [0.2, 0.25) is 0 Å². The second kappa shape index (κ2) is 15.1. The fourth-order valence-electron chi connectivity index (χ4n) is 4.85. The Hall–Kier alpha value is -4.77. The lowest BCUT2D eigenvalue weighted by molar-refractivity contribution is 0.0526. The standard InChI is InChI=1S/C33H39N7O4/c1-4-16-38(17-5-2)18-19-43-28-14-12-25(13-15-28)21-39-24-34-29-30(39)36-33(40-22-27(20-35-40)32(41)42-6-3)37-31(29)44-23-26-10-8-7-9-11-26/h7-15,20,22,24H,4-6,16-19,21,23H2,1-3H3. The van der Waals surface area contributed by atoms with E-state index in [1.807, 2.05) is 59.2 Å². The van der Waals surface area contributed by atoms with E-state index < -0.39 is 5.97 Å². The van der Waals surface area contributed by atoms with Crippen molar-refractivity contribution in [2.24, 2.45) is 0 Å². The highest BCUT2D eigenvalue weighted by Gasteiger charge is 2.18. The van der Waals surface area contributed by atoms with E-state index in [1.165, 1.54) is 10.9 Å². The maximum atomic E-state index is 12.2. The van der Waals surface area contributed by atoms with Crippen LogP contribution in [0.1, 0.15) is 55.1 Å². The highest BCUT2D eigenvalue weighted by molar-refractivity contribution is 5.88. The van der Waals surface area contributed by atoms with Crippen molar-refractivity contribution in [1.29, 1.82) is 0 Å². The molecule has 5 aromatic rings. The molecule has 11 nitrogen and oxygen atoms in total. The summed E-state index contributed by atoms with van der Waals surface area (Å²) < 4.78 is 20.7. The molecule has 0 amide bonds. The van der Waals surface area contributed by atoms with Crippen molar-refractivity contribution in [3.05, 3.63) is 90.0 Å². The Balaban J connectivity index is 1.36. The normalized spacial score (nSPS) is 11.3. The molecule has 0 radical (unpaired) electrons. The summed E-state index contributed by atoms with van der Waals surface area (Å²) in [6.07, 6.45) is 6.99. The van der Waals surface area contributed by atoms with E-state index in [-0.39, 0.29) is 12.6 Å². The van der Waals surface area contributed by atoms with Crippen LogP contribution in [-0.2, 0) is 17.9 Å². The molecule has 3 aromatic heterocycles. The Bertz CT molecular complexity index is 1630. The lowest BCUT2D eigenvalue weighted by atomic mass is 10.2. The smallest absolute Gasteiger partial charge is 0.341 e. The topological polar surface area (TPSA) is 109 Å². The number of carbonyl (C=O) groups excluding carboxylic acids is 1. The van der Waals surface area contributed by atoms with Gasteiger partial charge in [-0.05, 0) is 56.1 Å². The molecule has 3 heterocycles. The highest BCUT2D eigenvalue weighted by atomic mass is 16.5. The molecule has 0 atom stereocenters. The molecular formula is C33H39N7O4. The molecule has 11 heteroatoms. The van der Waals surface area contributed by atoms with Crippen LogP contribution in [0.25, 0.3) is 17.1 Å². The Morgan fingerprint density at radius 2 is 1.66 bits per heavy atom. The predicted molar refractivity (Wildman–Crippen MR) is 167 cm³/mol. The molecule has 0 N–H and O–H groups in total. The van der Waals surface area contributed by atoms with Gasteiger partial charge in [0.25, 0.3) is 5.95 Å². The van der Waals surface area contributed by atoms with E-state index in [1.54, 1.807) is 19.4 Å². The molecule has 0 unspecified atom stereocenters. The lowest BCUT2D eigenvalue weighted by Crippen LogP contribution is -2.30. The number of hydrogen-bond acceptors (Lipinski definition) is 9. The van der Waals surface area contributed by atoms with Crippen molar-refractivity contribution < 1.29 is 19.0 Å². The second-order valence-electron chi connectivity index (χ2n) is 10.4. The maximum Gasteiger partial charge on any atom is 0.341 e. The number of hydrogen-bond donors (Lipinski definition) is 0. The quantitative estimate of drug-likeness (QED) is 0.140. The summed E-state index contributed by atoms with van der Waals surface area (Å²) >= 11 is 0. The van der Waals surface area contributed by atoms with Crippen LogP contribution in [0.5, 0.6) is 11.6 Å². The van der Waals surface area contributed by atoms with Crippen LogP contribution in [-0.4, -0.2) is 73.0 Å².